The molecule has 0 N–H and O–H groups in total. The van der Waals surface area contributed by atoms with Gasteiger partial charge in [-0.1, -0.05) is 26.7 Å². The summed E-state index contributed by atoms with van der Waals surface area (Å²) in [5.41, 5.74) is 0. The number of nitrogens with zero attached hydrogens (tertiary/aromatic N) is 1. The van der Waals surface area contributed by atoms with Gasteiger partial charge in [0.25, 0.3) is 0 Å². The fourth-order valence-electron chi connectivity index (χ4n) is 3.28. The van der Waals surface area contributed by atoms with E-state index in [2.05, 4.69) is 41.8 Å². The molecule has 0 aromatic rings. The molecule has 4 unspecified atom stereocenters. The van der Waals surface area contributed by atoms with Crippen LogP contribution in [0.2, 0.25) is 0 Å². The Labute approximate surface area is 109 Å². The van der Waals surface area contributed by atoms with Crippen LogP contribution in [0.15, 0.2) is 0 Å². The lowest BCUT2D eigenvalue weighted by atomic mass is 9.89. The summed E-state index contributed by atoms with van der Waals surface area (Å²) in [5, 5.41) is 0. The number of hydrogen-bond donors (Lipinski definition) is 0. The fraction of sp³-hybridized carbons (Fsp3) is 1.00. The molecule has 0 aromatic carbocycles. The molecule has 0 heterocycles. The Morgan fingerprint density at radius 3 is 2.24 bits per heavy atom. The van der Waals surface area contributed by atoms with Crippen LogP contribution in [0.4, 0.5) is 0 Å². The first kappa shape index (κ1) is 15.0. The third-order valence-electron chi connectivity index (χ3n) is 5.46. The Balaban J connectivity index is 2.44. The van der Waals surface area contributed by atoms with Crippen molar-refractivity contribution in [1.29, 1.82) is 0 Å². The van der Waals surface area contributed by atoms with E-state index in [0.29, 0.717) is 0 Å². The summed E-state index contributed by atoms with van der Waals surface area (Å²) in [6.07, 6.45) is 7.23. The first-order chi connectivity index (χ1) is 7.96. The van der Waals surface area contributed by atoms with E-state index in [0.717, 1.165) is 23.8 Å². The van der Waals surface area contributed by atoms with E-state index in [1.54, 1.807) is 0 Å². The van der Waals surface area contributed by atoms with Gasteiger partial charge in [0.15, 0.2) is 0 Å². The molecule has 1 saturated carbocycles. The molecule has 1 aliphatic rings. The molecule has 0 aliphatic heterocycles. The zero-order valence-electron chi connectivity index (χ0n) is 13.0. The molecule has 0 saturated heterocycles. The minimum absolute atomic E-state index is 0.813. The van der Waals surface area contributed by atoms with Crippen molar-refractivity contribution in [3.63, 3.8) is 0 Å². The highest BCUT2D eigenvalue weighted by Gasteiger charge is 2.40. The molecule has 0 amide bonds. The maximum atomic E-state index is 2.47. The molecular weight excluding hydrogens is 206 g/mol. The van der Waals surface area contributed by atoms with E-state index in [9.17, 15) is 0 Å². The SMILES string of the molecule is CCCC1CC1CC(CC)C(C)[N+](C)(C)CC. The standard InChI is InChI=1S/C16H34N/c1-7-10-15-12-16(15)11-14(8-2)13(4)17(5,6)9-3/h13-16H,7-12H2,1-6H3/q+1. The fourth-order valence-corrected chi connectivity index (χ4v) is 3.28. The maximum absolute atomic E-state index is 2.47. The second-order valence-electron chi connectivity index (χ2n) is 6.78. The van der Waals surface area contributed by atoms with Crippen molar-refractivity contribution in [2.24, 2.45) is 17.8 Å². The first-order valence-corrected chi connectivity index (χ1v) is 7.78. The van der Waals surface area contributed by atoms with E-state index in [-0.39, 0.29) is 0 Å². The minimum atomic E-state index is 0.813. The van der Waals surface area contributed by atoms with Crippen LogP contribution in [-0.2, 0) is 0 Å². The average Bonchev–Trinajstić information content (AvgIpc) is 3.04. The lowest BCUT2D eigenvalue weighted by Gasteiger charge is -2.39. The van der Waals surface area contributed by atoms with Gasteiger partial charge in [0.1, 0.15) is 0 Å². The van der Waals surface area contributed by atoms with E-state index in [1.165, 1.54) is 43.1 Å². The second kappa shape index (κ2) is 6.22. The number of hydrogen-bond acceptors (Lipinski definition) is 0. The third kappa shape index (κ3) is 3.98. The molecule has 0 bridgehead atoms. The van der Waals surface area contributed by atoms with Crippen LogP contribution in [0.3, 0.4) is 0 Å². The Morgan fingerprint density at radius 2 is 1.76 bits per heavy atom. The molecule has 102 valence electrons. The highest BCUT2D eigenvalue weighted by atomic mass is 15.3. The van der Waals surface area contributed by atoms with Crippen molar-refractivity contribution < 1.29 is 4.48 Å². The molecule has 4 atom stereocenters. The van der Waals surface area contributed by atoms with Crippen molar-refractivity contribution in [1.82, 2.24) is 0 Å². The van der Waals surface area contributed by atoms with Gasteiger partial charge in [-0.25, -0.2) is 0 Å². The second-order valence-corrected chi connectivity index (χ2v) is 6.78. The quantitative estimate of drug-likeness (QED) is 0.554. The summed E-state index contributed by atoms with van der Waals surface area (Å²) in [6.45, 7) is 10.7. The van der Waals surface area contributed by atoms with Crippen molar-refractivity contribution in [2.45, 2.75) is 65.8 Å². The van der Waals surface area contributed by atoms with Crippen LogP contribution in [-0.4, -0.2) is 31.2 Å². The van der Waals surface area contributed by atoms with Gasteiger partial charge in [-0.15, -0.1) is 0 Å². The molecule has 1 fully saturated rings. The first-order valence-electron chi connectivity index (χ1n) is 7.78. The number of quaternary nitrogens is 1. The van der Waals surface area contributed by atoms with Crippen LogP contribution in [0.1, 0.15) is 59.8 Å². The minimum Gasteiger partial charge on any atom is -0.326 e. The molecule has 0 spiro atoms. The van der Waals surface area contributed by atoms with Crippen LogP contribution in [0.5, 0.6) is 0 Å². The van der Waals surface area contributed by atoms with Gasteiger partial charge >= 0.3 is 0 Å². The van der Waals surface area contributed by atoms with Crippen LogP contribution < -0.4 is 0 Å². The Bertz CT molecular complexity index is 222. The monoisotopic (exact) mass is 240 g/mol. The number of rotatable bonds is 8. The highest BCUT2D eigenvalue weighted by molar-refractivity contribution is 4.88. The summed E-state index contributed by atoms with van der Waals surface area (Å²) in [6, 6.07) is 0.813. The molecule has 0 radical (unpaired) electrons. The normalized spacial score (nSPS) is 27.9. The van der Waals surface area contributed by atoms with Crippen LogP contribution in [0, 0.1) is 17.8 Å². The highest BCUT2D eigenvalue weighted by Crippen LogP contribution is 2.47. The van der Waals surface area contributed by atoms with E-state index < -0.39 is 0 Å². The van der Waals surface area contributed by atoms with Gasteiger partial charge < -0.3 is 4.48 Å². The molecule has 0 aromatic heterocycles. The predicted molar refractivity (Wildman–Crippen MR) is 77.0 cm³/mol. The van der Waals surface area contributed by atoms with Gasteiger partial charge in [0, 0.05) is 5.92 Å². The van der Waals surface area contributed by atoms with Crippen LogP contribution in [0.25, 0.3) is 0 Å². The topological polar surface area (TPSA) is 0 Å². The van der Waals surface area contributed by atoms with Gasteiger partial charge in [0.05, 0.1) is 26.7 Å². The smallest absolute Gasteiger partial charge is 0.0886 e. The summed E-state index contributed by atoms with van der Waals surface area (Å²) >= 11 is 0. The van der Waals surface area contributed by atoms with Crippen molar-refractivity contribution in [3.8, 4) is 0 Å². The van der Waals surface area contributed by atoms with E-state index in [4.69, 9.17) is 0 Å². The molecule has 1 heteroatoms. The average molecular weight is 240 g/mol. The third-order valence-corrected chi connectivity index (χ3v) is 5.46. The molecule has 1 rings (SSSR count). The summed E-state index contributed by atoms with van der Waals surface area (Å²) < 4.78 is 1.18. The maximum Gasteiger partial charge on any atom is 0.0886 e. The van der Waals surface area contributed by atoms with Gasteiger partial charge in [-0.05, 0) is 44.9 Å². The zero-order chi connectivity index (χ0) is 13.1. The summed E-state index contributed by atoms with van der Waals surface area (Å²) in [7, 11) is 4.79. The lowest BCUT2D eigenvalue weighted by Crippen LogP contribution is -2.50. The Morgan fingerprint density at radius 1 is 1.12 bits per heavy atom. The lowest BCUT2D eigenvalue weighted by molar-refractivity contribution is -0.915. The molecule has 1 nitrogen and oxygen atoms in total. The predicted octanol–water partition coefficient (Wildman–Crippen LogP) is 4.32. The van der Waals surface area contributed by atoms with Gasteiger partial charge in [0.2, 0.25) is 0 Å². The summed E-state index contributed by atoms with van der Waals surface area (Å²) in [4.78, 5) is 0. The van der Waals surface area contributed by atoms with Gasteiger partial charge in [-0.2, -0.15) is 0 Å². The molecule has 1 aliphatic carbocycles. The Kier molecular flexibility index (Phi) is 5.50. The van der Waals surface area contributed by atoms with Crippen molar-refractivity contribution in [3.05, 3.63) is 0 Å². The van der Waals surface area contributed by atoms with Gasteiger partial charge in [-0.3, -0.25) is 0 Å². The molecular formula is C16H34N+. The van der Waals surface area contributed by atoms with Crippen molar-refractivity contribution >= 4 is 0 Å². The largest absolute Gasteiger partial charge is 0.326 e. The van der Waals surface area contributed by atoms with Crippen LogP contribution >= 0.6 is 0 Å². The van der Waals surface area contributed by atoms with Crippen molar-refractivity contribution in [2.75, 3.05) is 20.6 Å². The Hall–Kier alpha value is -0.0400. The van der Waals surface area contributed by atoms with E-state index >= 15 is 0 Å². The summed E-state index contributed by atoms with van der Waals surface area (Å²) in [5.74, 6) is 3.08. The molecule has 17 heavy (non-hydrogen) atoms. The van der Waals surface area contributed by atoms with E-state index in [1.807, 2.05) is 0 Å². The zero-order valence-corrected chi connectivity index (χ0v) is 13.0.